The van der Waals surface area contributed by atoms with Crippen molar-refractivity contribution >= 4 is 23.0 Å². The summed E-state index contributed by atoms with van der Waals surface area (Å²) in [5.41, 5.74) is 4.87. The highest BCUT2D eigenvalue weighted by Gasteiger charge is 2.11. The van der Waals surface area contributed by atoms with Crippen molar-refractivity contribution in [1.82, 2.24) is 10.2 Å². The summed E-state index contributed by atoms with van der Waals surface area (Å²) in [7, 11) is 0. The van der Waals surface area contributed by atoms with Crippen LogP contribution in [0.15, 0.2) is 48.5 Å². The molecule has 24 heavy (non-hydrogen) atoms. The van der Waals surface area contributed by atoms with Crippen molar-refractivity contribution in [3.63, 3.8) is 0 Å². The molecule has 0 bridgehead atoms. The first-order valence-corrected chi connectivity index (χ1v) is 9.02. The van der Waals surface area contributed by atoms with Gasteiger partial charge in [0.15, 0.2) is 5.11 Å². The lowest BCUT2D eigenvalue weighted by Crippen LogP contribution is -2.28. The zero-order valence-corrected chi connectivity index (χ0v) is 15.0. The molecular weight excluding hydrogens is 314 g/mol. The van der Waals surface area contributed by atoms with E-state index in [1.807, 2.05) is 18.2 Å². The first kappa shape index (κ1) is 16.9. The summed E-state index contributed by atoms with van der Waals surface area (Å²) in [6.45, 7) is 6.36. The molecule has 0 unspecified atom stereocenters. The van der Waals surface area contributed by atoms with Crippen LogP contribution in [0.5, 0.6) is 0 Å². The topological polar surface area (TPSA) is 27.3 Å². The summed E-state index contributed by atoms with van der Waals surface area (Å²) >= 11 is 5.39. The number of rotatable bonds is 5. The van der Waals surface area contributed by atoms with Crippen molar-refractivity contribution in [2.75, 3.05) is 18.4 Å². The molecule has 0 spiro atoms. The molecule has 3 nitrogen and oxygen atoms in total. The van der Waals surface area contributed by atoms with Crippen molar-refractivity contribution in [3.05, 3.63) is 65.2 Å². The van der Waals surface area contributed by atoms with Gasteiger partial charge in [-0.15, -0.1) is 0 Å². The summed E-state index contributed by atoms with van der Waals surface area (Å²) in [5.74, 6) is 0. The number of thiocarbonyl (C=S) groups is 1. The number of benzene rings is 2. The molecule has 0 aliphatic carbocycles. The molecule has 2 aromatic rings. The molecule has 1 aliphatic heterocycles. The van der Waals surface area contributed by atoms with Crippen molar-refractivity contribution in [3.8, 4) is 0 Å². The summed E-state index contributed by atoms with van der Waals surface area (Å²) < 4.78 is 0. The van der Waals surface area contributed by atoms with Crippen molar-refractivity contribution in [1.29, 1.82) is 0 Å². The first-order chi connectivity index (χ1) is 11.7. The van der Waals surface area contributed by atoms with Crippen molar-refractivity contribution in [2.45, 2.75) is 32.9 Å². The maximum atomic E-state index is 5.39. The van der Waals surface area contributed by atoms with E-state index in [0.717, 1.165) is 18.8 Å². The van der Waals surface area contributed by atoms with Gasteiger partial charge in [0.05, 0.1) is 0 Å². The van der Waals surface area contributed by atoms with E-state index in [1.54, 1.807) is 0 Å². The van der Waals surface area contributed by atoms with Gasteiger partial charge in [-0.1, -0.05) is 42.5 Å². The second-order valence-corrected chi connectivity index (χ2v) is 6.83. The van der Waals surface area contributed by atoms with Crippen LogP contribution in [0.4, 0.5) is 5.69 Å². The Morgan fingerprint density at radius 2 is 1.67 bits per heavy atom. The van der Waals surface area contributed by atoms with Crippen LogP contribution in [0.25, 0.3) is 0 Å². The second kappa shape index (κ2) is 8.27. The average molecular weight is 340 g/mol. The summed E-state index contributed by atoms with van der Waals surface area (Å²) in [5, 5.41) is 7.19. The maximum absolute atomic E-state index is 5.39. The van der Waals surface area contributed by atoms with Gasteiger partial charge in [-0.2, -0.15) is 0 Å². The number of nitrogens with one attached hydrogen (secondary N) is 2. The molecule has 1 heterocycles. The quantitative estimate of drug-likeness (QED) is 0.803. The monoisotopic (exact) mass is 339 g/mol. The molecule has 1 saturated heterocycles. The van der Waals surface area contributed by atoms with Gasteiger partial charge in [-0.3, -0.25) is 4.90 Å². The Morgan fingerprint density at radius 1 is 1.00 bits per heavy atom. The molecular formula is C20H25N3S. The number of nitrogens with zero attached hydrogens (tertiary/aromatic N) is 1. The fourth-order valence-corrected chi connectivity index (χ4v) is 3.21. The van der Waals surface area contributed by atoms with E-state index in [9.17, 15) is 0 Å². The Hall–Kier alpha value is -1.91. The van der Waals surface area contributed by atoms with Crippen LogP contribution in [0, 0.1) is 6.92 Å². The number of anilines is 1. The van der Waals surface area contributed by atoms with Crippen molar-refractivity contribution < 1.29 is 0 Å². The predicted octanol–water partition coefficient (Wildman–Crippen LogP) is 4.08. The predicted molar refractivity (Wildman–Crippen MR) is 105 cm³/mol. The zero-order chi connectivity index (χ0) is 16.8. The van der Waals surface area contributed by atoms with Gasteiger partial charge in [-0.25, -0.2) is 0 Å². The highest BCUT2D eigenvalue weighted by molar-refractivity contribution is 7.80. The number of likely N-dealkylation sites (tertiary alicyclic amines) is 1. The van der Waals surface area contributed by atoms with Gasteiger partial charge >= 0.3 is 0 Å². The Kier molecular flexibility index (Phi) is 5.83. The van der Waals surface area contributed by atoms with Crippen LogP contribution in [0.1, 0.15) is 29.5 Å². The number of hydrogen-bond acceptors (Lipinski definition) is 2. The van der Waals surface area contributed by atoms with Crippen LogP contribution in [0.2, 0.25) is 0 Å². The Bertz CT molecular complexity index is 676. The minimum atomic E-state index is 0.658. The number of hydrogen-bond donors (Lipinski definition) is 2. The molecule has 1 fully saturated rings. The van der Waals surface area contributed by atoms with Gasteiger partial charge in [0, 0.05) is 18.8 Å². The van der Waals surface area contributed by atoms with E-state index in [-0.39, 0.29) is 0 Å². The second-order valence-electron chi connectivity index (χ2n) is 6.42. The molecule has 3 rings (SSSR count). The van der Waals surface area contributed by atoms with Crippen LogP contribution in [0.3, 0.4) is 0 Å². The van der Waals surface area contributed by atoms with Gasteiger partial charge in [0.25, 0.3) is 0 Å². The Balaban J connectivity index is 1.47. The summed E-state index contributed by atoms with van der Waals surface area (Å²) in [4.78, 5) is 2.52. The highest BCUT2D eigenvalue weighted by Crippen LogP contribution is 2.14. The van der Waals surface area contributed by atoms with Gasteiger partial charge in [0.2, 0.25) is 0 Å². The lowest BCUT2D eigenvalue weighted by Gasteiger charge is -2.15. The molecule has 2 N–H and O–H groups in total. The van der Waals surface area contributed by atoms with E-state index in [0.29, 0.717) is 5.11 Å². The fraction of sp³-hybridized carbons (Fsp3) is 0.350. The largest absolute Gasteiger partial charge is 0.358 e. The van der Waals surface area contributed by atoms with Gasteiger partial charge in [-0.05, 0) is 67.8 Å². The molecule has 0 aromatic heterocycles. The van der Waals surface area contributed by atoms with E-state index < -0.39 is 0 Å². The number of aryl methyl sites for hydroxylation is 1. The van der Waals surface area contributed by atoms with Crippen LogP contribution < -0.4 is 10.6 Å². The molecule has 4 heteroatoms. The highest BCUT2D eigenvalue weighted by atomic mass is 32.1. The SMILES string of the molecule is Cc1ccccc1NC(=S)NCc1ccc(CN2CCCC2)cc1. The maximum Gasteiger partial charge on any atom is 0.171 e. The molecule has 0 radical (unpaired) electrons. The molecule has 2 aromatic carbocycles. The Morgan fingerprint density at radius 3 is 2.38 bits per heavy atom. The van der Waals surface area contributed by atoms with Gasteiger partial charge in [0.1, 0.15) is 0 Å². The molecule has 126 valence electrons. The van der Waals surface area contributed by atoms with Gasteiger partial charge < -0.3 is 10.6 Å². The van der Waals surface area contributed by atoms with E-state index >= 15 is 0 Å². The third kappa shape index (κ3) is 4.79. The summed E-state index contributed by atoms with van der Waals surface area (Å²) in [6.07, 6.45) is 2.68. The van der Waals surface area contributed by atoms with Crippen LogP contribution in [-0.2, 0) is 13.1 Å². The standard InChI is InChI=1S/C20H25N3S/c1-16-6-2-3-7-19(16)22-20(24)21-14-17-8-10-18(11-9-17)15-23-12-4-5-13-23/h2-3,6-11H,4-5,12-15H2,1H3,(H2,21,22,24). The lowest BCUT2D eigenvalue weighted by atomic mass is 10.1. The third-order valence-corrected chi connectivity index (χ3v) is 4.72. The molecule has 0 atom stereocenters. The lowest BCUT2D eigenvalue weighted by molar-refractivity contribution is 0.331. The third-order valence-electron chi connectivity index (χ3n) is 4.47. The normalized spacial score (nSPS) is 14.5. The minimum absolute atomic E-state index is 0.658. The molecule has 1 aliphatic rings. The van der Waals surface area contributed by atoms with E-state index in [1.165, 1.54) is 42.6 Å². The fourth-order valence-electron chi connectivity index (χ4n) is 3.02. The first-order valence-electron chi connectivity index (χ1n) is 8.61. The average Bonchev–Trinajstić information content (AvgIpc) is 3.09. The smallest absolute Gasteiger partial charge is 0.171 e. The van der Waals surface area contributed by atoms with Crippen LogP contribution >= 0.6 is 12.2 Å². The summed E-state index contributed by atoms with van der Waals surface area (Å²) in [6, 6.07) is 17.0. The van der Waals surface area contributed by atoms with Crippen molar-refractivity contribution in [2.24, 2.45) is 0 Å². The molecule has 0 saturated carbocycles. The van der Waals surface area contributed by atoms with Crippen LogP contribution in [-0.4, -0.2) is 23.1 Å². The van der Waals surface area contributed by atoms with E-state index in [4.69, 9.17) is 12.2 Å². The minimum Gasteiger partial charge on any atom is -0.358 e. The number of para-hydroxylation sites is 1. The Labute approximate surface area is 150 Å². The van der Waals surface area contributed by atoms with E-state index in [2.05, 4.69) is 52.8 Å². The zero-order valence-electron chi connectivity index (χ0n) is 14.2. The molecule has 0 amide bonds.